The zero-order valence-corrected chi connectivity index (χ0v) is 14.3. The molecule has 6 heteroatoms. The Morgan fingerprint density at radius 3 is 2.42 bits per heavy atom. The Balaban J connectivity index is 1.64. The van der Waals surface area contributed by atoms with Crippen LogP contribution in [0.25, 0.3) is 11.3 Å². The van der Waals surface area contributed by atoms with Crippen molar-refractivity contribution in [1.82, 2.24) is 10.2 Å². The van der Waals surface area contributed by atoms with Gasteiger partial charge in [0.15, 0.2) is 0 Å². The first-order chi connectivity index (χ1) is 12.7. The number of carbonyl (C=O) groups is 1. The molecule has 1 amide bonds. The molecule has 2 N–H and O–H groups in total. The first-order valence-corrected chi connectivity index (χ1v) is 8.34. The lowest BCUT2D eigenvalue weighted by atomic mass is 10.1. The highest BCUT2D eigenvalue weighted by atomic mass is 16.6. The highest BCUT2D eigenvalue weighted by Crippen LogP contribution is 2.22. The molecule has 3 aromatic rings. The van der Waals surface area contributed by atoms with Gasteiger partial charge in [-0.25, -0.2) is 9.89 Å². The van der Waals surface area contributed by atoms with E-state index in [2.05, 4.69) is 15.5 Å². The number of rotatable bonds is 5. The number of carbonyl (C=O) groups excluding carboxylic acids is 1. The fourth-order valence-electron chi connectivity index (χ4n) is 2.56. The average molecular weight is 349 g/mol. The average Bonchev–Trinajstić information content (AvgIpc) is 2.68. The lowest BCUT2D eigenvalue weighted by Gasteiger charge is -2.17. The summed E-state index contributed by atoms with van der Waals surface area (Å²) in [4.78, 5) is 23.2. The summed E-state index contributed by atoms with van der Waals surface area (Å²) < 4.78 is 5.52. The molecule has 0 aliphatic rings. The molecule has 1 heterocycles. The third-order valence-corrected chi connectivity index (χ3v) is 3.90. The van der Waals surface area contributed by atoms with E-state index in [9.17, 15) is 9.59 Å². The van der Waals surface area contributed by atoms with Crippen LogP contribution in [0.5, 0.6) is 0 Å². The second-order valence-corrected chi connectivity index (χ2v) is 5.72. The van der Waals surface area contributed by atoms with Gasteiger partial charge in [-0.05, 0) is 30.2 Å². The molecule has 0 bridgehead atoms. The maximum absolute atomic E-state index is 12.2. The molecule has 1 unspecified atom stereocenters. The van der Waals surface area contributed by atoms with E-state index in [4.69, 9.17) is 4.74 Å². The number of nitrogens with one attached hydrogen (secondary N) is 2. The smallest absolute Gasteiger partial charge is 0.412 e. The highest BCUT2D eigenvalue weighted by Gasteiger charge is 2.14. The largest absolute Gasteiger partial charge is 0.441 e. The minimum Gasteiger partial charge on any atom is -0.441 e. The summed E-state index contributed by atoms with van der Waals surface area (Å²) in [5, 5.41) is 9.09. The minimum atomic E-state index is -0.504. The number of nitrogens with zero attached hydrogens (tertiary/aromatic N) is 1. The van der Waals surface area contributed by atoms with Crippen molar-refractivity contribution in [2.45, 2.75) is 19.4 Å². The van der Waals surface area contributed by atoms with Gasteiger partial charge in [0.25, 0.3) is 5.56 Å². The van der Waals surface area contributed by atoms with Gasteiger partial charge in [0.1, 0.15) is 6.10 Å². The lowest BCUT2D eigenvalue weighted by Crippen LogP contribution is -2.17. The van der Waals surface area contributed by atoms with E-state index >= 15 is 0 Å². The van der Waals surface area contributed by atoms with Gasteiger partial charge in [-0.1, -0.05) is 49.4 Å². The van der Waals surface area contributed by atoms with Crippen molar-refractivity contribution in [1.29, 1.82) is 0 Å². The molecule has 0 aliphatic carbocycles. The minimum absolute atomic E-state index is 0.251. The van der Waals surface area contributed by atoms with Crippen LogP contribution < -0.4 is 10.9 Å². The van der Waals surface area contributed by atoms with Crippen LogP contribution in [-0.2, 0) is 4.74 Å². The number of benzene rings is 2. The predicted molar refractivity (Wildman–Crippen MR) is 99.9 cm³/mol. The Morgan fingerprint density at radius 1 is 1.08 bits per heavy atom. The van der Waals surface area contributed by atoms with Crippen LogP contribution in [0.15, 0.2) is 71.5 Å². The molecule has 132 valence electrons. The van der Waals surface area contributed by atoms with E-state index in [1.54, 1.807) is 18.2 Å². The van der Waals surface area contributed by atoms with E-state index in [1.165, 1.54) is 6.07 Å². The molecule has 2 aromatic carbocycles. The van der Waals surface area contributed by atoms with E-state index in [0.717, 1.165) is 11.1 Å². The quantitative estimate of drug-likeness (QED) is 0.725. The van der Waals surface area contributed by atoms with Crippen LogP contribution in [0.4, 0.5) is 10.5 Å². The molecule has 1 atom stereocenters. The normalized spacial score (nSPS) is 11.6. The molecular weight excluding hydrogens is 330 g/mol. The van der Waals surface area contributed by atoms with Crippen molar-refractivity contribution < 1.29 is 9.53 Å². The number of anilines is 1. The highest BCUT2D eigenvalue weighted by molar-refractivity contribution is 5.85. The summed E-state index contributed by atoms with van der Waals surface area (Å²) in [5.41, 5.74) is 2.80. The summed E-state index contributed by atoms with van der Waals surface area (Å²) in [6.45, 7) is 1.97. The van der Waals surface area contributed by atoms with E-state index in [1.807, 2.05) is 49.4 Å². The van der Waals surface area contributed by atoms with Crippen molar-refractivity contribution in [3.63, 3.8) is 0 Å². The molecule has 6 nitrogen and oxygen atoms in total. The Bertz CT molecular complexity index is 901. The van der Waals surface area contributed by atoms with Gasteiger partial charge in [0, 0.05) is 17.3 Å². The fraction of sp³-hybridized carbons (Fsp3) is 0.150. The van der Waals surface area contributed by atoms with Gasteiger partial charge in [0.2, 0.25) is 0 Å². The van der Waals surface area contributed by atoms with Crippen LogP contribution in [-0.4, -0.2) is 16.3 Å². The van der Waals surface area contributed by atoms with Crippen LogP contribution in [0.3, 0.4) is 0 Å². The van der Waals surface area contributed by atoms with Crippen LogP contribution in [0.1, 0.15) is 25.0 Å². The molecular formula is C20H19N3O3. The number of aromatic amines is 1. The molecule has 0 aliphatic heterocycles. The molecule has 0 radical (unpaired) electrons. The molecule has 3 rings (SSSR count). The summed E-state index contributed by atoms with van der Waals surface area (Å²) in [7, 11) is 0. The Morgan fingerprint density at radius 2 is 1.81 bits per heavy atom. The van der Waals surface area contributed by atoms with Crippen molar-refractivity contribution in [2.75, 3.05) is 5.32 Å². The van der Waals surface area contributed by atoms with E-state index < -0.39 is 6.09 Å². The number of aromatic nitrogens is 2. The SMILES string of the molecule is CCC(OC(=O)Nc1ccc(-c2ccc(=O)[nH]n2)cc1)c1ccccc1. The number of amides is 1. The van der Waals surface area contributed by atoms with Crippen LogP contribution in [0.2, 0.25) is 0 Å². The number of hydrogen-bond donors (Lipinski definition) is 2. The van der Waals surface area contributed by atoms with E-state index in [-0.39, 0.29) is 11.7 Å². The van der Waals surface area contributed by atoms with Crippen LogP contribution in [0, 0.1) is 0 Å². The topological polar surface area (TPSA) is 84.1 Å². The van der Waals surface area contributed by atoms with Gasteiger partial charge in [-0.3, -0.25) is 10.1 Å². The van der Waals surface area contributed by atoms with Crippen molar-refractivity contribution >= 4 is 11.8 Å². The Hall–Kier alpha value is -3.41. The van der Waals surface area contributed by atoms with Gasteiger partial charge < -0.3 is 4.74 Å². The lowest BCUT2D eigenvalue weighted by molar-refractivity contribution is 0.108. The van der Waals surface area contributed by atoms with Crippen molar-refractivity contribution in [3.8, 4) is 11.3 Å². The third-order valence-electron chi connectivity index (χ3n) is 3.90. The molecule has 0 fully saturated rings. The predicted octanol–water partition coefficient (Wildman–Crippen LogP) is 4.14. The number of H-pyrrole nitrogens is 1. The van der Waals surface area contributed by atoms with Crippen molar-refractivity contribution in [3.05, 3.63) is 82.6 Å². The summed E-state index contributed by atoms with van der Waals surface area (Å²) in [5.74, 6) is 0. The second-order valence-electron chi connectivity index (χ2n) is 5.72. The summed E-state index contributed by atoms with van der Waals surface area (Å²) in [6, 6.07) is 19.8. The maximum atomic E-state index is 12.2. The molecule has 0 saturated heterocycles. The third kappa shape index (κ3) is 4.36. The molecule has 26 heavy (non-hydrogen) atoms. The maximum Gasteiger partial charge on any atom is 0.412 e. The Kier molecular flexibility index (Phi) is 5.43. The van der Waals surface area contributed by atoms with Gasteiger partial charge in [-0.15, -0.1) is 0 Å². The van der Waals surface area contributed by atoms with Gasteiger partial charge in [0.05, 0.1) is 5.69 Å². The van der Waals surface area contributed by atoms with Crippen LogP contribution >= 0.6 is 0 Å². The molecule has 0 spiro atoms. The van der Waals surface area contributed by atoms with Gasteiger partial charge >= 0.3 is 6.09 Å². The first kappa shape index (κ1) is 17.4. The fourth-order valence-corrected chi connectivity index (χ4v) is 2.56. The number of ether oxygens (including phenoxy) is 1. The summed E-state index contributed by atoms with van der Waals surface area (Å²) in [6.07, 6.45) is -0.106. The summed E-state index contributed by atoms with van der Waals surface area (Å²) >= 11 is 0. The monoisotopic (exact) mass is 349 g/mol. The molecule has 0 saturated carbocycles. The first-order valence-electron chi connectivity index (χ1n) is 8.34. The van der Waals surface area contributed by atoms with Crippen molar-refractivity contribution in [2.24, 2.45) is 0 Å². The molecule has 1 aromatic heterocycles. The zero-order valence-electron chi connectivity index (χ0n) is 14.3. The number of hydrogen-bond acceptors (Lipinski definition) is 4. The van der Waals surface area contributed by atoms with E-state index in [0.29, 0.717) is 17.8 Å². The van der Waals surface area contributed by atoms with Gasteiger partial charge in [-0.2, -0.15) is 5.10 Å². The second kappa shape index (κ2) is 8.11. The Labute approximate surface area is 150 Å². The zero-order chi connectivity index (χ0) is 18.4. The standard InChI is InChI=1S/C20H19N3O3/c1-2-18(15-6-4-3-5-7-15)26-20(25)21-16-10-8-14(9-11-16)17-12-13-19(24)23-22-17/h3-13,18H,2H2,1H3,(H,21,25)(H,23,24).